The predicted molar refractivity (Wildman–Crippen MR) is 64.9 cm³/mol. The second kappa shape index (κ2) is 5.38. The molecular formula is C12H22N2O3. The summed E-state index contributed by atoms with van der Waals surface area (Å²) in [7, 11) is 0. The number of rotatable bonds is 4. The van der Waals surface area contributed by atoms with Gasteiger partial charge in [0.15, 0.2) is 0 Å². The largest absolute Gasteiger partial charge is 0.480 e. The standard InChI is InChI=1S/C12H22N2O3/c1-4-14(9-7-5-6-8-9)11(17)13-12(2,3)10(15)16/h9H,4-8H2,1-3H3,(H,13,17)(H,15,16). The van der Waals surface area contributed by atoms with Crippen molar-refractivity contribution in [2.24, 2.45) is 0 Å². The molecule has 0 aromatic carbocycles. The van der Waals surface area contributed by atoms with Crippen LogP contribution in [-0.2, 0) is 4.79 Å². The molecule has 1 fully saturated rings. The first-order chi connectivity index (χ1) is 7.88. The molecule has 2 N–H and O–H groups in total. The number of nitrogens with zero attached hydrogens (tertiary/aromatic N) is 1. The summed E-state index contributed by atoms with van der Waals surface area (Å²) in [6, 6.07) is -0.00334. The third-order valence-electron chi connectivity index (χ3n) is 3.32. The number of aliphatic carboxylic acids is 1. The number of carbonyl (C=O) groups is 2. The van der Waals surface area contributed by atoms with Gasteiger partial charge in [0.2, 0.25) is 0 Å². The second-order valence-electron chi connectivity index (χ2n) is 5.08. The van der Waals surface area contributed by atoms with Gasteiger partial charge in [-0.1, -0.05) is 12.8 Å². The van der Waals surface area contributed by atoms with Crippen LogP contribution in [0, 0.1) is 0 Å². The molecule has 0 spiro atoms. The highest BCUT2D eigenvalue weighted by Gasteiger charge is 2.33. The van der Waals surface area contributed by atoms with Crippen molar-refractivity contribution in [3.05, 3.63) is 0 Å². The van der Waals surface area contributed by atoms with E-state index in [1.165, 1.54) is 13.8 Å². The molecule has 0 aliphatic heterocycles. The van der Waals surface area contributed by atoms with Crippen molar-refractivity contribution in [1.29, 1.82) is 0 Å². The van der Waals surface area contributed by atoms with Gasteiger partial charge in [-0.15, -0.1) is 0 Å². The first-order valence-electron chi connectivity index (χ1n) is 6.20. The van der Waals surface area contributed by atoms with Gasteiger partial charge in [-0.2, -0.15) is 0 Å². The molecular weight excluding hydrogens is 220 g/mol. The Morgan fingerprint density at radius 2 is 1.88 bits per heavy atom. The minimum atomic E-state index is -1.22. The lowest BCUT2D eigenvalue weighted by Crippen LogP contribution is -2.55. The minimum absolute atomic E-state index is 0.268. The van der Waals surface area contributed by atoms with Crippen LogP contribution < -0.4 is 5.32 Å². The van der Waals surface area contributed by atoms with E-state index in [1.807, 2.05) is 6.92 Å². The molecule has 0 heterocycles. The molecule has 98 valence electrons. The van der Waals surface area contributed by atoms with E-state index in [0.717, 1.165) is 25.7 Å². The summed E-state index contributed by atoms with van der Waals surface area (Å²) < 4.78 is 0. The molecule has 5 nitrogen and oxygen atoms in total. The van der Waals surface area contributed by atoms with E-state index in [9.17, 15) is 9.59 Å². The van der Waals surface area contributed by atoms with Crippen molar-refractivity contribution in [1.82, 2.24) is 10.2 Å². The number of nitrogens with one attached hydrogen (secondary N) is 1. The zero-order valence-corrected chi connectivity index (χ0v) is 10.8. The van der Waals surface area contributed by atoms with Gasteiger partial charge in [-0.05, 0) is 33.6 Å². The normalized spacial score (nSPS) is 16.9. The van der Waals surface area contributed by atoms with Crippen molar-refractivity contribution < 1.29 is 14.7 Å². The molecule has 0 saturated heterocycles. The molecule has 0 radical (unpaired) electrons. The van der Waals surface area contributed by atoms with Crippen LogP contribution >= 0.6 is 0 Å². The Morgan fingerprint density at radius 1 is 1.35 bits per heavy atom. The average molecular weight is 242 g/mol. The van der Waals surface area contributed by atoms with Gasteiger partial charge in [0.25, 0.3) is 0 Å². The molecule has 0 aromatic heterocycles. The number of hydrogen-bond acceptors (Lipinski definition) is 2. The van der Waals surface area contributed by atoms with E-state index in [0.29, 0.717) is 6.54 Å². The van der Waals surface area contributed by atoms with Crippen LogP contribution in [0.3, 0.4) is 0 Å². The fourth-order valence-corrected chi connectivity index (χ4v) is 2.18. The number of hydrogen-bond donors (Lipinski definition) is 2. The number of carboxylic acids is 1. The van der Waals surface area contributed by atoms with Crippen LogP contribution in [0.15, 0.2) is 0 Å². The average Bonchev–Trinajstić information content (AvgIpc) is 2.71. The summed E-state index contributed by atoms with van der Waals surface area (Å²) in [5.41, 5.74) is -1.22. The summed E-state index contributed by atoms with van der Waals surface area (Å²) in [5, 5.41) is 11.5. The Morgan fingerprint density at radius 3 is 2.29 bits per heavy atom. The molecule has 5 heteroatoms. The van der Waals surface area contributed by atoms with Crippen molar-refractivity contribution in [3.8, 4) is 0 Å². The maximum absolute atomic E-state index is 12.0. The summed E-state index contributed by atoms with van der Waals surface area (Å²) in [6.07, 6.45) is 4.34. The topological polar surface area (TPSA) is 69.6 Å². The van der Waals surface area contributed by atoms with Gasteiger partial charge in [0, 0.05) is 12.6 Å². The highest BCUT2D eigenvalue weighted by molar-refractivity contribution is 5.85. The predicted octanol–water partition coefficient (Wildman–Crippen LogP) is 1.82. The van der Waals surface area contributed by atoms with Crippen LogP contribution in [0.2, 0.25) is 0 Å². The van der Waals surface area contributed by atoms with E-state index >= 15 is 0 Å². The van der Waals surface area contributed by atoms with Crippen LogP contribution in [0.25, 0.3) is 0 Å². The number of carboxylic acid groups (broad SMARTS) is 1. The maximum Gasteiger partial charge on any atom is 0.328 e. The summed E-state index contributed by atoms with van der Waals surface area (Å²) in [5.74, 6) is -1.02. The van der Waals surface area contributed by atoms with Gasteiger partial charge in [-0.3, -0.25) is 0 Å². The van der Waals surface area contributed by atoms with E-state index in [4.69, 9.17) is 5.11 Å². The molecule has 1 rings (SSSR count). The highest BCUT2D eigenvalue weighted by atomic mass is 16.4. The number of amides is 2. The Labute approximate surface area is 102 Å². The molecule has 0 bridgehead atoms. The first-order valence-corrected chi connectivity index (χ1v) is 6.20. The summed E-state index contributed by atoms with van der Waals surface area (Å²) >= 11 is 0. The lowest BCUT2D eigenvalue weighted by atomic mass is 10.1. The lowest BCUT2D eigenvalue weighted by molar-refractivity contribution is -0.143. The number of urea groups is 1. The quantitative estimate of drug-likeness (QED) is 0.790. The van der Waals surface area contributed by atoms with E-state index in [1.54, 1.807) is 4.90 Å². The summed E-state index contributed by atoms with van der Waals surface area (Å²) in [4.78, 5) is 24.7. The smallest absolute Gasteiger partial charge is 0.328 e. The van der Waals surface area contributed by atoms with Crippen LogP contribution in [-0.4, -0.2) is 40.1 Å². The fourth-order valence-electron chi connectivity index (χ4n) is 2.18. The molecule has 1 aliphatic rings. The summed E-state index contributed by atoms with van der Waals surface area (Å²) in [6.45, 7) is 5.53. The van der Waals surface area contributed by atoms with Gasteiger partial charge >= 0.3 is 12.0 Å². The molecule has 0 atom stereocenters. The fraction of sp³-hybridized carbons (Fsp3) is 0.833. The first kappa shape index (κ1) is 13.8. The van der Waals surface area contributed by atoms with E-state index in [2.05, 4.69) is 5.32 Å². The third-order valence-corrected chi connectivity index (χ3v) is 3.32. The molecule has 1 aliphatic carbocycles. The zero-order chi connectivity index (χ0) is 13.1. The van der Waals surface area contributed by atoms with Crippen molar-refractivity contribution >= 4 is 12.0 Å². The Kier molecular flexibility index (Phi) is 4.37. The zero-order valence-electron chi connectivity index (χ0n) is 10.8. The molecule has 2 amide bonds. The maximum atomic E-state index is 12.0. The second-order valence-corrected chi connectivity index (χ2v) is 5.08. The lowest BCUT2D eigenvalue weighted by Gasteiger charge is -2.31. The SMILES string of the molecule is CCN(C(=O)NC(C)(C)C(=O)O)C1CCCC1. The van der Waals surface area contributed by atoms with Gasteiger partial charge in [0.1, 0.15) is 5.54 Å². The van der Waals surface area contributed by atoms with Gasteiger partial charge < -0.3 is 15.3 Å². The molecule has 0 unspecified atom stereocenters. The van der Waals surface area contributed by atoms with Crippen LogP contribution in [0.1, 0.15) is 46.5 Å². The number of carbonyl (C=O) groups excluding carboxylic acids is 1. The van der Waals surface area contributed by atoms with Crippen LogP contribution in [0.5, 0.6) is 0 Å². The van der Waals surface area contributed by atoms with Gasteiger partial charge in [0.05, 0.1) is 0 Å². The van der Waals surface area contributed by atoms with E-state index in [-0.39, 0.29) is 12.1 Å². The monoisotopic (exact) mass is 242 g/mol. The van der Waals surface area contributed by atoms with Crippen molar-refractivity contribution in [2.75, 3.05) is 6.54 Å². The van der Waals surface area contributed by atoms with E-state index < -0.39 is 11.5 Å². The Bertz CT molecular complexity index is 296. The highest BCUT2D eigenvalue weighted by Crippen LogP contribution is 2.23. The minimum Gasteiger partial charge on any atom is -0.480 e. The van der Waals surface area contributed by atoms with Crippen LogP contribution in [0.4, 0.5) is 4.79 Å². The Balaban J connectivity index is 2.63. The van der Waals surface area contributed by atoms with Crippen molar-refractivity contribution in [3.63, 3.8) is 0 Å². The Hall–Kier alpha value is -1.26. The molecule has 0 aromatic rings. The third kappa shape index (κ3) is 3.35. The molecule has 1 saturated carbocycles. The molecule has 17 heavy (non-hydrogen) atoms. The van der Waals surface area contributed by atoms with Gasteiger partial charge in [-0.25, -0.2) is 9.59 Å². The van der Waals surface area contributed by atoms with Crippen molar-refractivity contribution in [2.45, 2.75) is 58.0 Å².